The Balaban J connectivity index is 1.78. The highest BCUT2D eigenvalue weighted by Crippen LogP contribution is 2.48. The summed E-state index contributed by atoms with van der Waals surface area (Å²) in [5, 5.41) is 2.26. The molecule has 13 heteroatoms. The molecular formula is C29H41F4N5O3Si. The van der Waals surface area contributed by atoms with E-state index in [9.17, 15) is 18.0 Å². The van der Waals surface area contributed by atoms with Crippen LogP contribution in [0.5, 0.6) is 0 Å². The molecule has 0 unspecified atom stereocenters. The van der Waals surface area contributed by atoms with Crippen LogP contribution in [0.1, 0.15) is 59.9 Å². The number of nitrogens with one attached hydrogen (secondary N) is 1. The van der Waals surface area contributed by atoms with Crippen molar-refractivity contribution in [3.63, 3.8) is 0 Å². The maximum Gasteiger partial charge on any atom is 0.405 e. The van der Waals surface area contributed by atoms with Crippen molar-refractivity contribution < 1.29 is 31.5 Å². The highest BCUT2D eigenvalue weighted by Gasteiger charge is 2.49. The summed E-state index contributed by atoms with van der Waals surface area (Å²) in [4.78, 5) is 26.0. The summed E-state index contributed by atoms with van der Waals surface area (Å²) in [5.41, 5.74) is -0.468. The molecule has 3 heterocycles. The number of anilines is 4. The van der Waals surface area contributed by atoms with Crippen molar-refractivity contribution in [2.45, 2.75) is 97.0 Å². The standard InChI is InChI=1S/C29H41F4N5O3Si/c1-17-13-37(14-18(2)41-17)21-11-10-19(12-20(21)30)38-25-23(28(6,7)26(38)39)24(34-16-29(31,32)33)35-22(36-25)15-40-42(8,9)27(3,4)5/h10-12,17-18H,13-16H2,1-9H3,(H,34,35,36)/t17-,18+. The predicted octanol–water partition coefficient (Wildman–Crippen LogP) is 6.68. The van der Waals surface area contributed by atoms with E-state index in [1.165, 1.54) is 11.0 Å². The maximum atomic E-state index is 15.6. The Morgan fingerprint density at radius 2 is 1.74 bits per heavy atom. The van der Waals surface area contributed by atoms with E-state index >= 15 is 4.39 Å². The minimum absolute atomic E-state index is 0.0480. The SMILES string of the molecule is C[C@@H]1CN(c2ccc(N3C(=O)C(C)(C)c4c(NCC(F)(F)F)nc(CO[Si](C)(C)C(C)(C)C)nc43)cc2F)C[C@H](C)O1. The largest absolute Gasteiger partial charge is 0.409 e. The minimum atomic E-state index is -4.52. The minimum Gasteiger partial charge on any atom is -0.409 e. The van der Waals surface area contributed by atoms with Gasteiger partial charge < -0.3 is 19.4 Å². The van der Waals surface area contributed by atoms with E-state index in [-0.39, 0.29) is 52.6 Å². The van der Waals surface area contributed by atoms with Crippen LogP contribution in [0.4, 0.5) is 40.6 Å². The van der Waals surface area contributed by atoms with Crippen molar-refractivity contribution >= 4 is 37.2 Å². The van der Waals surface area contributed by atoms with E-state index in [1.807, 2.05) is 31.8 Å². The van der Waals surface area contributed by atoms with Crippen molar-refractivity contribution in [1.82, 2.24) is 9.97 Å². The van der Waals surface area contributed by atoms with Gasteiger partial charge in [-0.15, -0.1) is 0 Å². The summed E-state index contributed by atoms with van der Waals surface area (Å²) in [7, 11) is -2.27. The van der Waals surface area contributed by atoms with E-state index in [2.05, 4.69) is 36.1 Å². The molecule has 0 aliphatic carbocycles. The molecule has 2 aliphatic rings. The monoisotopic (exact) mass is 611 g/mol. The van der Waals surface area contributed by atoms with Crippen molar-refractivity contribution in [3.05, 3.63) is 35.4 Å². The number of hydrogen-bond acceptors (Lipinski definition) is 7. The highest BCUT2D eigenvalue weighted by atomic mass is 28.4. The number of rotatable bonds is 7. The molecule has 42 heavy (non-hydrogen) atoms. The average molecular weight is 612 g/mol. The predicted molar refractivity (Wildman–Crippen MR) is 157 cm³/mol. The van der Waals surface area contributed by atoms with E-state index in [1.54, 1.807) is 26.0 Å². The van der Waals surface area contributed by atoms with Crippen LogP contribution >= 0.6 is 0 Å². The van der Waals surface area contributed by atoms with Crippen LogP contribution in [0.25, 0.3) is 0 Å². The van der Waals surface area contributed by atoms with Gasteiger partial charge in [-0.2, -0.15) is 13.2 Å². The lowest BCUT2D eigenvalue weighted by Crippen LogP contribution is -2.45. The zero-order valence-corrected chi connectivity index (χ0v) is 26.7. The van der Waals surface area contributed by atoms with Crippen LogP contribution in [0.3, 0.4) is 0 Å². The molecule has 1 aromatic carbocycles. The van der Waals surface area contributed by atoms with Gasteiger partial charge >= 0.3 is 6.18 Å². The van der Waals surface area contributed by atoms with Gasteiger partial charge in [0.15, 0.2) is 14.1 Å². The molecule has 1 amide bonds. The Kier molecular flexibility index (Phi) is 8.46. The normalized spacial score (nSPS) is 21.1. The van der Waals surface area contributed by atoms with Crippen molar-refractivity contribution in [2.75, 3.05) is 34.8 Å². The fourth-order valence-corrected chi connectivity index (χ4v) is 5.98. The first-order valence-electron chi connectivity index (χ1n) is 14.1. The summed E-state index contributed by atoms with van der Waals surface area (Å²) in [6.07, 6.45) is -4.67. The Morgan fingerprint density at radius 1 is 1.12 bits per heavy atom. The Bertz CT molecular complexity index is 1340. The molecule has 0 spiro atoms. The molecule has 4 rings (SSSR count). The van der Waals surface area contributed by atoms with Crippen LogP contribution in [-0.2, 0) is 26.0 Å². The van der Waals surface area contributed by atoms with Gasteiger partial charge in [0, 0.05) is 19.2 Å². The molecular weight excluding hydrogens is 570 g/mol. The van der Waals surface area contributed by atoms with Gasteiger partial charge in [0.05, 0.1) is 41.2 Å². The second kappa shape index (κ2) is 11.1. The van der Waals surface area contributed by atoms with E-state index in [0.717, 1.165) is 0 Å². The zero-order valence-electron chi connectivity index (χ0n) is 25.7. The molecule has 2 atom stereocenters. The summed E-state index contributed by atoms with van der Waals surface area (Å²) in [5.74, 6) is -0.837. The van der Waals surface area contributed by atoms with E-state index in [4.69, 9.17) is 9.16 Å². The molecule has 0 saturated carbocycles. The van der Waals surface area contributed by atoms with Crippen LogP contribution in [0.2, 0.25) is 18.1 Å². The first-order chi connectivity index (χ1) is 19.2. The smallest absolute Gasteiger partial charge is 0.405 e. The molecule has 1 saturated heterocycles. The molecule has 8 nitrogen and oxygen atoms in total. The molecule has 2 aliphatic heterocycles. The van der Waals surface area contributed by atoms with E-state index < -0.39 is 38.2 Å². The lowest BCUT2D eigenvalue weighted by Gasteiger charge is -2.37. The van der Waals surface area contributed by atoms with Gasteiger partial charge in [0.25, 0.3) is 0 Å². The molecule has 0 bridgehead atoms. The maximum absolute atomic E-state index is 15.6. The molecule has 232 valence electrons. The topological polar surface area (TPSA) is 79.8 Å². The van der Waals surface area contributed by atoms with Crippen molar-refractivity contribution in [2.24, 2.45) is 0 Å². The second-order valence-electron chi connectivity index (χ2n) is 13.3. The number of ether oxygens (including phenoxy) is 1. The lowest BCUT2D eigenvalue weighted by molar-refractivity contribution is -0.121. The summed E-state index contributed by atoms with van der Waals surface area (Å²) in [6, 6.07) is 4.50. The number of fused-ring (bicyclic) bond motifs is 1. The number of morpholine rings is 1. The van der Waals surface area contributed by atoms with Gasteiger partial charge in [-0.1, -0.05) is 20.8 Å². The third-order valence-corrected chi connectivity index (χ3v) is 12.8. The summed E-state index contributed by atoms with van der Waals surface area (Å²) in [6.45, 7) is 17.0. The summed E-state index contributed by atoms with van der Waals surface area (Å²) < 4.78 is 67.4. The molecule has 1 N–H and O–H groups in total. The first kappa shape index (κ1) is 32.1. The third kappa shape index (κ3) is 6.42. The molecule has 1 aromatic heterocycles. The van der Waals surface area contributed by atoms with Gasteiger partial charge in [0.2, 0.25) is 5.91 Å². The van der Waals surface area contributed by atoms with Crippen LogP contribution in [0, 0.1) is 5.82 Å². The number of nitrogens with zero attached hydrogens (tertiary/aromatic N) is 4. The lowest BCUT2D eigenvalue weighted by atomic mass is 9.87. The number of aromatic nitrogens is 2. The Hall–Kier alpha value is -2.77. The van der Waals surface area contributed by atoms with Crippen LogP contribution < -0.4 is 15.1 Å². The third-order valence-electron chi connectivity index (χ3n) is 8.29. The van der Waals surface area contributed by atoms with Crippen LogP contribution in [0.15, 0.2) is 18.2 Å². The zero-order chi connectivity index (χ0) is 31.4. The number of hydrogen-bond donors (Lipinski definition) is 1. The highest BCUT2D eigenvalue weighted by molar-refractivity contribution is 6.74. The van der Waals surface area contributed by atoms with Gasteiger partial charge in [-0.25, -0.2) is 14.4 Å². The number of halogens is 4. The van der Waals surface area contributed by atoms with Gasteiger partial charge in [-0.05, 0) is 58.0 Å². The molecule has 2 aromatic rings. The number of carbonyl (C=O) groups excluding carboxylic acids is 1. The first-order valence-corrected chi connectivity index (χ1v) is 17.0. The Labute approximate surface area is 245 Å². The fourth-order valence-electron chi connectivity index (χ4n) is 5.06. The average Bonchev–Trinajstić information content (AvgIpc) is 3.04. The number of alkyl halides is 3. The Morgan fingerprint density at radius 3 is 2.29 bits per heavy atom. The van der Waals surface area contributed by atoms with Gasteiger partial charge in [0.1, 0.15) is 24.0 Å². The molecule has 0 radical (unpaired) electrons. The fraction of sp³-hybridized carbons (Fsp3) is 0.621. The number of carbonyl (C=O) groups is 1. The van der Waals surface area contributed by atoms with Crippen LogP contribution in [-0.4, -0.2) is 62.2 Å². The van der Waals surface area contributed by atoms with Crippen molar-refractivity contribution in [3.8, 4) is 0 Å². The molecule has 1 fully saturated rings. The van der Waals surface area contributed by atoms with Gasteiger partial charge in [-0.3, -0.25) is 9.69 Å². The second-order valence-corrected chi connectivity index (χ2v) is 18.1. The van der Waals surface area contributed by atoms with Crippen molar-refractivity contribution in [1.29, 1.82) is 0 Å². The van der Waals surface area contributed by atoms with E-state index in [0.29, 0.717) is 18.8 Å². The quantitative estimate of drug-likeness (QED) is 0.276. The number of benzene rings is 1. The number of amides is 1. The summed E-state index contributed by atoms with van der Waals surface area (Å²) >= 11 is 0.